The van der Waals surface area contributed by atoms with Crippen LogP contribution < -0.4 is 10.2 Å². The molecule has 1 aromatic heterocycles. The zero-order valence-electron chi connectivity index (χ0n) is 13.3. The number of nitrogens with one attached hydrogen (secondary N) is 1. The van der Waals surface area contributed by atoms with Crippen LogP contribution in [0.25, 0.3) is 0 Å². The van der Waals surface area contributed by atoms with Gasteiger partial charge in [-0.15, -0.1) is 0 Å². The van der Waals surface area contributed by atoms with Crippen molar-refractivity contribution in [3.8, 4) is 0 Å². The van der Waals surface area contributed by atoms with Gasteiger partial charge in [-0.25, -0.2) is 4.98 Å². The van der Waals surface area contributed by atoms with E-state index in [2.05, 4.69) is 10.3 Å². The third kappa shape index (κ3) is 5.54. The summed E-state index contributed by atoms with van der Waals surface area (Å²) in [7, 11) is 3.86. The third-order valence-electron chi connectivity index (χ3n) is 3.21. The van der Waals surface area contributed by atoms with Crippen LogP contribution in [0.1, 0.15) is 11.1 Å². The molecule has 1 N–H and O–H groups in total. The second-order valence-electron chi connectivity index (χ2n) is 5.28. The molecule has 0 atom stereocenters. The molecule has 0 aliphatic rings. The molecule has 1 heterocycles. The summed E-state index contributed by atoms with van der Waals surface area (Å²) in [5.74, 6) is 0.705. The number of halogens is 1. The van der Waals surface area contributed by atoms with Crippen molar-refractivity contribution in [2.75, 3.05) is 25.6 Å². The van der Waals surface area contributed by atoms with Crippen LogP contribution in [-0.4, -0.2) is 31.6 Å². The molecule has 0 saturated carbocycles. The number of hydrogen-bond donors (Lipinski definition) is 1. The Bertz CT molecular complexity index is 645. The van der Waals surface area contributed by atoms with Gasteiger partial charge in [0.15, 0.2) is 0 Å². The number of ether oxygens (including phenoxy) is 1. The quantitative estimate of drug-likeness (QED) is 0.846. The normalized spacial score (nSPS) is 10.4. The van der Waals surface area contributed by atoms with Crippen molar-refractivity contribution >= 4 is 23.3 Å². The molecule has 2 aromatic rings. The molecule has 0 saturated heterocycles. The highest BCUT2D eigenvalue weighted by Crippen LogP contribution is 2.15. The fourth-order valence-corrected chi connectivity index (χ4v) is 2.10. The minimum Gasteiger partial charge on any atom is -0.367 e. The van der Waals surface area contributed by atoms with Crippen molar-refractivity contribution in [2.24, 2.45) is 0 Å². The molecular formula is C17H20ClN3O2. The predicted molar refractivity (Wildman–Crippen MR) is 91.5 cm³/mol. The van der Waals surface area contributed by atoms with Gasteiger partial charge in [-0.2, -0.15) is 0 Å². The van der Waals surface area contributed by atoms with E-state index in [4.69, 9.17) is 16.3 Å². The second kappa shape index (κ2) is 8.50. The number of aromatic nitrogens is 1. The summed E-state index contributed by atoms with van der Waals surface area (Å²) in [5, 5.41) is 3.44. The van der Waals surface area contributed by atoms with Crippen molar-refractivity contribution in [1.82, 2.24) is 10.3 Å². The van der Waals surface area contributed by atoms with Crippen LogP contribution in [0, 0.1) is 0 Å². The van der Waals surface area contributed by atoms with Crippen molar-refractivity contribution in [2.45, 2.75) is 13.2 Å². The number of carbonyl (C=O) groups is 1. The highest BCUT2D eigenvalue weighted by Gasteiger charge is 2.04. The van der Waals surface area contributed by atoms with Crippen molar-refractivity contribution in [1.29, 1.82) is 0 Å². The Morgan fingerprint density at radius 2 is 2.04 bits per heavy atom. The molecule has 0 fully saturated rings. The Morgan fingerprint density at radius 3 is 2.70 bits per heavy atom. The molecule has 0 aliphatic carbocycles. The van der Waals surface area contributed by atoms with Crippen LogP contribution in [0.3, 0.4) is 0 Å². The van der Waals surface area contributed by atoms with E-state index in [1.165, 1.54) is 0 Å². The first-order valence-corrected chi connectivity index (χ1v) is 7.64. The fraction of sp³-hybridized carbons (Fsp3) is 0.294. The lowest BCUT2D eigenvalue weighted by Crippen LogP contribution is -2.27. The van der Waals surface area contributed by atoms with E-state index in [9.17, 15) is 4.79 Å². The highest BCUT2D eigenvalue weighted by molar-refractivity contribution is 6.31. The lowest BCUT2D eigenvalue weighted by molar-refractivity contribution is -0.126. The van der Waals surface area contributed by atoms with Gasteiger partial charge in [0, 0.05) is 31.9 Å². The molecule has 0 spiro atoms. The Morgan fingerprint density at radius 1 is 1.26 bits per heavy atom. The Balaban J connectivity index is 1.72. The smallest absolute Gasteiger partial charge is 0.246 e. The van der Waals surface area contributed by atoms with E-state index < -0.39 is 0 Å². The maximum atomic E-state index is 11.8. The summed E-state index contributed by atoms with van der Waals surface area (Å²) in [5.41, 5.74) is 1.81. The lowest BCUT2D eigenvalue weighted by atomic mass is 10.2. The van der Waals surface area contributed by atoms with Gasteiger partial charge in [0.25, 0.3) is 0 Å². The largest absolute Gasteiger partial charge is 0.367 e. The number of rotatable bonds is 7. The van der Waals surface area contributed by atoms with Crippen LogP contribution >= 0.6 is 11.6 Å². The van der Waals surface area contributed by atoms with Crippen LogP contribution in [0.5, 0.6) is 0 Å². The number of carbonyl (C=O) groups excluding carboxylic acids is 1. The average molecular weight is 334 g/mol. The molecule has 0 bridgehead atoms. The Kier molecular flexibility index (Phi) is 6.38. The lowest BCUT2D eigenvalue weighted by Gasteiger charge is -2.11. The minimum absolute atomic E-state index is 0.00552. The van der Waals surface area contributed by atoms with Gasteiger partial charge in [-0.3, -0.25) is 4.79 Å². The summed E-state index contributed by atoms with van der Waals surface area (Å²) in [6.07, 6.45) is 1.75. The molecule has 23 heavy (non-hydrogen) atoms. The number of nitrogens with zero attached hydrogens (tertiary/aromatic N) is 2. The molecule has 0 radical (unpaired) electrons. The number of amides is 1. The van der Waals surface area contributed by atoms with Gasteiger partial charge in [-0.1, -0.05) is 35.9 Å². The van der Waals surface area contributed by atoms with Crippen molar-refractivity contribution in [3.05, 3.63) is 58.7 Å². The third-order valence-corrected chi connectivity index (χ3v) is 3.57. The van der Waals surface area contributed by atoms with Gasteiger partial charge >= 0.3 is 0 Å². The SMILES string of the molecule is CN(C)c1ccc(CNC(=O)COCc2ccccc2Cl)cn1. The monoisotopic (exact) mass is 333 g/mol. The molecule has 2 rings (SSSR count). The maximum Gasteiger partial charge on any atom is 0.246 e. The molecule has 5 nitrogen and oxygen atoms in total. The molecule has 6 heteroatoms. The van der Waals surface area contributed by atoms with Crippen LogP contribution in [0.15, 0.2) is 42.6 Å². The van der Waals surface area contributed by atoms with Crippen molar-refractivity contribution < 1.29 is 9.53 Å². The predicted octanol–water partition coefficient (Wildman–Crippen LogP) is 2.63. The first kappa shape index (κ1) is 17.2. The zero-order chi connectivity index (χ0) is 16.7. The van der Waals surface area contributed by atoms with Gasteiger partial charge in [0.05, 0.1) is 6.61 Å². The Hall–Kier alpha value is -2.11. The topological polar surface area (TPSA) is 54.5 Å². The zero-order valence-corrected chi connectivity index (χ0v) is 14.0. The molecule has 0 aliphatic heterocycles. The number of pyridine rings is 1. The van der Waals surface area contributed by atoms with Gasteiger partial charge < -0.3 is 15.0 Å². The molecular weight excluding hydrogens is 314 g/mol. The number of hydrogen-bond acceptors (Lipinski definition) is 4. The first-order valence-electron chi connectivity index (χ1n) is 7.26. The van der Waals surface area contributed by atoms with Crippen molar-refractivity contribution in [3.63, 3.8) is 0 Å². The van der Waals surface area contributed by atoms with E-state index in [1.807, 2.05) is 49.3 Å². The molecule has 1 aromatic carbocycles. The summed E-state index contributed by atoms with van der Waals surface area (Å²) in [6.45, 7) is 0.732. The summed E-state index contributed by atoms with van der Waals surface area (Å²) in [4.78, 5) is 18.0. The fourth-order valence-electron chi connectivity index (χ4n) is 1.91. The van der Waals surface area contributed by atoms with E-state index in [-0.39, 0.29) is 12.5 Å². The molecule has 1 amide bonds. The number of anilines is 1. The first-order chi connectivity index (χ1) is 11.1. The van der Waals surface area contributed by atoms with Gasteiger partial charge in [0.2, 0.25) is 5.91 Å². The summed E-state index contributed by atoms with van der Waals surface area (Å²) >= 11 is 6.02. The van der Waals surface area contributed by atoms with Crippen LogP contribution in [0.4, 0.5) is 5.82 Å². The number of benzene rings is 1. The van der Waals surface area contributed by atoms with Gasteiger partial charge in [0.1, 0.15) is 12.4 Å². The second-order valence-corrected chi connectivity index (χ2v) is 5.69. The minimum atomic E-state index is -0.172. The molecule has 0 unspecified atom stereocenters. The van der Waals surface area contributed by atoms with E-state index >= 15 is 0 Å². The summed E-state index contributed by atoms with van der Waals surface area (Å²) in [6, 6.07) is 11.3. The standard InChI is InChI=1S/C17H20ClN3O2/c1-21(2)16-8-7-13(9-19-16)10-20-17(22)12-23-11-14-5-3-4-6-15(14)18/h3-9H,10-12H2,1-2H3,(H,20,22). The van der Waals surface area contributed by atoms with E-state index in [0.29, 0.717) is 18.2 Å². The van der Waals surface area contributed by atoms with E-state index in [1.54, 1.807) is 12.3 Å². The summed E-state index contributed by atoms with van der Waals surface area (Å²) < 4.78 is 5.38. The highest BCUT2D eigenvalue weighted by atomic mass is 35.5. The van der Waals surface area contributed by atoms with Crippen LogP contribution in [0.2, 0.25) is 5.02 Å². The maximum absolute atomic E-state index is 11.8. The van der Waals surface area contributed by atoms with Crippen LogP contribution in [-0.2, 0) is 22.7 Å². The van der Waals surface area contributed by atoms with Gasteiger partial charge in [-0.05, 0) is 23.3 Å². The molecule has 122 valence electrons. The Labute approximate surface area is 141 Å². The van der Waals surface area contributed by atoms with E-state index in [0.717, 1.165) is 16.9 Å². The average Bonchev–Trinajstić information content (AvgIpc) is 2.55.